The van der Waals surface area contributed by atoms with Crippen molar-refractivity contribution in [2.24, 2.45) is 0 Å². The number of pyridine rings is 1. The molecule has 0 radical (unpaired) electrons. The maximum absolute atomic E-state index is 11.9. The maximum atomic E-state index is 11.9. The van der Waals surface area contributed by atoms with E-state index in [-0.39, 0.29) is 5.75 Å². The average Bonchev–Trinajstić information content (AvgIpc) is 2.26. The smallest absolute Gasteiger partial charge is 0.212 e. The molecule has 0 aliphatic rings. The van der Waals surface area contributed by atoms with Crippen LogP contribution >= 0.6 is 0 Å². The van der Waals surface area contributed by atoms with Crippen molar-refractivity contribution in [2.45, 2.75) is 39.2 Å². The first kappa shape index (κ1) is 14.1. The van der Waals surface area contributed by atoms with Crippen LogP contribution in [0.5, 0.6) is 0 Å². The molecule has 0 fully saturated rings. The minimum atomic E-state index is -3.22. The molecule has 17 heavy (non-hydrogen) atoms. The van der Waals surface area contributed by atoms with E-state index in [1.165, 1.54) is 0 Å². The van der Waals surface area contributed by atoms with Crippen LogP contribution in [0.25, 0.3) is 0 Å². The van der Waals surface area contributed by atoms with E-state index in [4.69, 9.17) is 0 Å². The van der Waals surface area contributed by atoms with Gasteiger partial charge in [-0.25, -0.2) is 13.1 Å². The van der Waals surface area contributed by atoms with E-state index in [0.29, 0.717) is 6.42 Å². The number of sulfonamides is 1. The fourth-order valence-corrected chi connectivity index (χ4v) is 3.27. The molecule has 0 amide bonds. The topological polar surface area (TPSA) is 59.1 Å². The normalized spacial score (nSPS) is 12.6. The molecule has 0 bridgehead atoms. The lowest BCUT2D eigenvalue weighted by Gasteiger charge is -2.26. The molecule has 0 aliphatic heterocycles. The summed E-state index contributed by atoms with van der Waals surface area (Å²) in [6.07, 6.45) is 4.88. The fraction of sp³-hybridized carbons (Fsp3) is 0.583. The molecule has 4 nitrogen and oxygen atoms in total. The van der Waals surface area contributed by atoms with E-state index in [9.17, 15) is 8.42 Å². The Balaban J connectivity index is 2.80. The molecule has 0 saturated carbocycles. The van der Waals surface area contributed by atoms with Gasteiger partial charge in [0.15, 0.2) is 0 Å². The van der Waals surface area contributed by atoms with E-state index in [1.807, 2.05) is 32.9 Å². The second-order valence-electron chi connectivity index (χ2n) is 4.64. The van der Waals surface area contributed by atoms with Crippen molar-refractivity contribution >= 4 is 10.0 Å². The molecular formula is C12H20N2O2S. The van der Waals surface area contributed by atoms with Crippen LogP contribution in [0.3, 0.4) is 0 Å². The predicted octanol–water partition coefficient (Wildman–Crippen LogP) is 2.04. The van der Waals surface area contributed by atoms with Crippen molar-refractivity contribution in [3.8, 4) is 0 Å². The Bertz CT molecular complexity index is 441. The summed E-state index contributed by atoms with van der Waals surface area (Å²) in [7, 11) is -3.22. The number of rotatable bonds is 6. The van der Waals surface area contributed by atoms with Crippen LogP contribution in [0.15, 0.2) is 24.5 Å². The van der Waals surface area contributed by atoms with Crippen LogP contribution in [0.1, 0.15) is 39.2 Å². The monoisotopic (exact) mass is 256 g/mol. The average molecular weight is 256 g/mol. The quantitative estimate of drug-likeness (QED) is 0.847. The highest BCUT2D eigenvalue weighted by molar-refractivity contribution is 7.89. The van der Waals surface area contributed by atoms with Crippen molar-refractivity contribution in [1.29, 1.82) is 0 Å². The first-order chi connectivity index (χ1) is 7.87. The van der Waals surface area contributed by atoms with Gasteiger partial charge in [-0.3, -0.25) is 4.98 Å². The summed E-state index contributed by atoms with van der Waals surface area (Å²) in [5.41, 5.74) is 0.308. The minimum absolute atomic E-state index is 0.179. The molecule has 5 heteroatoms. The molecule has 0 aliphatic carbocycles. The molecule has 1 heterocycles. The van der Waals surface area contributed by atoms with Gasteiger partial charge in [-0.05, 0) is 38.0 Å². The van der Waals surface area contributed by atoms with Gasteiger partial charge in [0.2, 0.25) is 10.0 Å². The third-order valence-corrected chi connectivity index (χ3v) is 4.23. The van der Waals surface area contributed by atoms with Gasteiger partial charge in [-0.15, -0.1) is 0 Å². The van der Waals surface area contributed by atoms with Crippen molar-refractivity contribution in [3.05, 3.63) is 30.1 Å². The Hall–Kier alpha value is -0.940. The Morgan fingerprint density at radius 1 is 1.29 bits per heavy atom. The molecule has 0 atom stereocenters. The lowest BCUT2D eigenvalue weighted by molar-refractivity contribution is 0.470. The molecule has 0 unspecified atom stereocenters. The first-order valence-corrected chi connectivity index (χ1v) is 7.45. The number of unbranched alkanes of at least 4 members (excludes halogenated alkanes) is 1. The minimum Gasteiger partial charge on any atom is -0.265 e. The van der Waals surface area contributed by atoms with Crippen LogP contribution in [-0.4, -0.2) is 19.2 Å². The molecule has 0 saturated heterocycles. The zero-order valence-electron chi connectivity index (χ0n) is 10.6. The van der Waals surface area contributed by atoms with Gasteiger partial charge in [-0.2, -0.15) is 0 Å². The summed E-state index contributed by atoms with van der Waals surface area (Å²) in [5.74, 6) is 0.179. The second kappa shape index (κ2) is 5.60. The maximum Gasteiger partial charge on any atom is 0.212 e. The Morgan fingerprint density at radius 2 is 1.88 bits per heavy atom. The summed E-state index contributed by atoms with van der Waals surface area (Å²) in [4.78, 5) is 3.93. The molecule has 1 N–H and O–H groups in total. The summed E-state index contributed by atoms with van der Waals surface area (Å²) < 4.78 is 26.4. The number of hydrogen-bond donors (Lipinski definition) is 1. The fourth-order valence-electron chi connectivity index (χ4n) is 1.60. The highest BCUT2D eigenvalue weighted by atomic mass is 32.2. The van der Waals surface area contributed by atoms with Crippen molar-refractivity contribution < 1.29 is 8.42 Å². The van der Waals surface area contributed by atoms with Gasteiger partial charge >= 0.3 is 0 Å². The van der Waals surface area contributed by atoms with Crippen LogP contribution < -0.4 is 4.72 Å². The highest BCUT2D eigenvalue weighted by Gasteiger charge is 2.26. The Kier molecular flexibility index (Phi) is 4.65. The van der Waals surface area contributed by atoms with E-state index in [2.05, 4.69) is 9.71 Å². The molecule has 1 aromatic heterocycles. The van der Waals surface area contributed by atoms with Gasteiger partial charge in [0, 0.05) is 12.4 Å². The highest BCUT2D eigenvalue weighted by Crippen LogP contribution is 2.20. The molecule has 1 rings (SSSR count). The standard InChI is InChI=1S/C12H20N2O2S/c1-4-5-10-17(15,16)14-12(2,3)11-6-8-13-9-7-11/h6-9,14H,4-5,10H2,1-3H3. The Morgan fingerprint density at radius 3 is 2.41 bits per heavy atom. The summed E-state index contributed by atoms with van der Waals surface area (Å²) in [6, 6.07) is 3.64. The van der Waals surface area contributed by atoms with E-state index in [1.54, 1.807) is 12.4 Å². The summed E-state index contributed by atoms with van der Waals surface area (Å²) in [6.45, 7) is 5.68. The van der Waals surface area contributed by atoms with Gasteiger partial charge in [-0.1, -0.05) is 13.3 Å². The summed E-state index contributed by atoms with van der Waals surface area (Å²) >= 11 is 0. The molecule has 96 valence electrons. The van der Waals surface area contributed by atoms with Gasteiger partial charge in [0.05, 0.1) is 11.3 Å². The number of nitrogens with one attached hydrogen (secondary N) is 1. The van der Waals surface area contributed by atoms with Crippen LogP contribution in [0.4, 0.5) is 0 Å². The lowest BCUT2D eigenvalue weighted by Crippen LogP contribution is -2.42. The van der Waals surface area contributed by atoms with Gasteiger partial charge < -0.3 is 0 Å². The number of nitrogens with zero attached hydrogens (tertiary/aromatic N) is 1. The van der Waals surface area contributed by atoms with Crippen LogP contribution in [0, 0.1) is 0 Å². The molecule has 0 spiro atoms. The van der Waals surface area contributed by atoms with Crippen molar-refractivity contribution in [2.75, 3.05) is 5.75 Å². The molecule has 0 aromatic carbocycles. The van der Waals surface area contributed by atoms with E-state index < -0.39 is 15.6 Å². The largest absolute Gasteiger partial charge is 0.265 e. The lowest BCUT2D eigenvalue weighted by atomic mass is 9.97. The zero-order valence-corrected chi connectivity index (χ0v) is 11.4. The van der Waals surface area contributed by atoms with Crippen LogP contribution in [-0.2, 0) is 15.6 Å². The molecule has 1 aromatic rings. The third-order valence-electron chi connectivity index (χ3n) is 2.58. The van der Waals surface area contributed by atoms with Gasteiger partial charge in [0.25, 0.3) is 0 Å². The first-order valence-electron chi connectivity index (χ1n) is 5.79. The zero-order chi connectivity index (χ0) is 12.9. The second-order valence-corrected chi connectivity index (χ2v) is 6.48. The Labute approximate surface area is 104 Å². The van der Waals surface area contributed by atoms with Crippen LogP contribution in [0.2, 0.25) is 0 Å². The van der Waals surface area contributed by atoms with Crippen molar-refractivity contribution in [1.82, 2.24) is 9.71 Å². The molecular weight excluding hydrogens is 236 g/mol. The number of aromatic nitrogens is 1. The van der Waals surface area contributed by atoms with Gasteiger partial charge in [0.1, 0.15) is 0 Å². The number of hydrogen-bond acceptors (Lipinski definition) is 3. The van der Waals surface area contributed by atoms with Crippen molar-refractivity contribution in [3.63, 3.8) is 0 Å². The van der Waals surface area contributed by atoms with E-state index in [0.717, 1.165) is 12.0 Å². The SMILES string of the molecule is CCCCS(=O)(=O)NC(C)(C)c1ccncc1. The summed E-state index contributed by atoms with van der Waals surface area (Å²) in [5, 5.41) is 0. The third kappa shape index (κ3) is 4.44. The van der Waals surface area contributed by atoms with E-state index >= 15 is 0 Å². The predicted molar refractivity (Wildman–Crippen MR) is 69.1 cm³/mol.